The number of methoxy groups -OCH3 is 1. The molecule has 0 fully saturated rings. The molecule has 8 heteroatoms. The summed E-state index contributed by atoms with van der Waals surface area (Å²) in [5.74, 6) is 0.489. The number of carbonyl (C=O) groups is 1. The Balaban J connectivity index is 1.65. The van der Waals surface area contributed by atoms with E-state index in [0.717, 1.165) is 15.8 Å². The molecule has 3 rings (SSSR count). The summed E-state index contributed by atoms with van der Waals surface area (Å²) in [7, 11) is 1.60. The molecule has 0 aliphatic carbocycles. The predicted molar refractivity (Wildman–Crippen MR) is 116 cm³/mol. The molecule has 1 N–H and O–H groups in total. The van der Waals surface area contributed by atoms with E-state index in [1.807, 2.05) is 37.3 Å². The lowest BCUT2D eigenvalue weighted by Gasteiger charge is -2.09. The molecule has 1 heterocycles. The van der Waals surface area contributed by atoms with Gasteiger partial charge in [0.05, 0.1) is 24.1 Å². The molecule has 5 nitrogen and oxygen atoms in total. The Bertz CT molecular complexity index is 1030. The molecule has 0 unspecified atom stereocenters. The van der Waals surface area contributed by atoms with E-state index in [1.165, 1.54) is 18.0 Å². The number of halogens is 2. The first kappa shape index (κ1) is 20.5. The van der Waals surface area contributed by atoms with E-state index in [-0.39, 0.29) is 11.2 Å². The Morgan fingerprint density at radius 3 is 2.68 bits per heavy atom. The van der Waals surface area contributed by atoms with Crippen LogP contribution in [0.2, 0.25) is 10.2 Å². The average molecular weight is 434 g/mol. The van der Waals surface area contributed by atoms with E-state index >= 15 is 0 Å². The zero-order valence-corrected chi connectivity index (χ0v) is 17.5. The van der Waals surface area contributed by atoms with Crippen molar-refractivity contribution in [2.24, 2.45) is 5.10 Å². The molecule has 0 aliphatic heterocycles. The minimum atomic E-state index is -0.323. The van der Waals surface area contributed by atoms with Gasteiger partial charge in [-0.05, 0) is 49.4 Å². The van der Waals surface area contributed by atoms with Crippen LogP contribution in [-0.4, -0.2) is 29.5 Å². The number of rotatable bonds is 6. The summed E-state index contributed by atoms with van der Waals surface area (Å²) < 4.78 is 5.19. The third kappa shape index (κ3) is 5.16. The molecule has 0 radical (unpaired) electrons. The summed E-state index contributed by atoms with van der Waals surface area (Å²) in [6.45, 7) is 1.81. The van der Waals surface area contributed by atoms with Gasteiger partial charge in [0.2, 0.25) is 0 Å². The molecule has 1 amide bonds. The number of fused-ring (bicyclic) bond motifs is 1. The highest BCUT2D eigenvalue weighted by Gasteiger charge is 2.13. The molecule has 0 aliphatic rings. The molecule has 28 heavy (non-hydrogen) atoms. The van der Waals surface area contributed by atoms with Crippen molar-refractivity contribution in [3.63, 3.8) is 0 Å². The van der Waals surface area contributed by atoms with E-state index in [1.54, 1.807) is 25.3 Å². The number of hydrogen-bond donors (Lipinski definition) is 1. The lowest BCUT2D eigenvalue weighted by molar-refractivity contribution is -0.120. The summed E-state index contributed by atoms with van der Waals surface area (Å²) in [6.07, 6.45) is 1.48. The van der Waals surface area contributed by atoms with Gasteiger partial charge in [-0.3, -0.25) is 4.79 Å². The highest BCUT2D eigenvalue weighted by Crippen LogP contribution is 2.25. The van der Waals surface area contributed by atoms with Crippen LogP contribution in [0.15, 0.2) is 58.5 Å². The fourth-order valence-corrected chi connectivity index (χ4v) is 3.57. The average Bonchev–Trinajstić information content (AvgIpc) is 2.69. The van der Waals surface area contributed by atoms with Gasteiger partial charge in [-0.1, -0.05) is 23.2 Å². The summed E-state index contributed by atoms with van der Waals surface area (Å²) in [6, 6.07) is 14.7. The van der Waals surface area contributed by atoms with Crippen LogP contribution in [0.25, 0.3) is 10.9 Å². The van der Waals surface area contributed by atoms with Crippen molar-refractivity contribution in [2.75, 3.05) is 7.11 Å². The van der Waals surface area contributed by atoms with Crippen molar-refractivity contribution in [1.29, 1.82) is 0 Å². The van der Waals surface area contributed by atoms with Crippen LogP contribution in [0, 0.1) is 0 Å². The highest BCUT2D eigenvalue weighted by molar-refractivity contribution is 8.00. The Hall–Kier alpha value is -2.28. The molecular weight excluding hydrogens is 417 g/mol. The van der Waals surface area contributed by atoms with Crippen LogP contribution in [0.4, 0.5) is 0 Å². The smallest absolute Gasteiger partial charge is 0.253 e. The molecule has 144 valence electrons. The van der Waals surface area contributed by atoms with Gasteiger partial charge < -0.3 is 4.74 Å². The Morgan fingerprint density at radius 2 is 1.96 bits per heavy atom. The first-order valence-electron chi connectivity index (χ1n) is 8.35. The van der Waals surface area contributed by atoms with Crippen molar-refractivity contribution in [1.82, 2.24) is 10.4 Å². The van der Waals surface area contributed by atoms with E-state index in [2.05, 4.69) is 15.5 Å². The van der Waals surface area contributed by atoms with Gasteiger partial charge in [0, 0.05) is 26.9 Å². The topological polar surface area (TPSA) is 63.6 Å². The van der Waals surface area contributed by atoms with Gasteiger partial charge in [-0.25, -0.2) is 10.4 Å². The van der Waals surface area contributed by atoms with Crippen LogP contribution in [0.3, 0.4) is 0 Å². The number of hydrogen-bond acceptors (Lipinski definition) is 5. The Labute approximate surface area is 177 Å². The monoisotopic (exact) mass is 433 g/mol. The molecule has 2 aromatic carbocycles. The van der Waals surface area contributed by atoms with Crippen LogP contribution >= 0.6 is 35.0 Å². The lowest BCUT2D eigenvalue weighted by Crippen LogP contribution is -2.26. The van der Waals surface area contributed by atoms with E-state index in [9.17, 15) is 4.79 Å². The number of nitrogens with one attached hydrogen (secondary N) is 1. The fourth-order valence-electron chi connectivity index (χ4n) is 2.38. The number of hydrazone groups is 1. The normalized spacial score (nSPS) is 12.3. The molecule has 0 saturated carbocycles. The summed E-state index contributed by atoms with van der Waals surface area (Å²) >= 11 is 13.5. The second-order valence-electron chi connectivity index (χ2n) is 5.88. The number of benzene rings is 2. The van der Waals surface area contributed by atoms with Crippen LogP contribution in [-0.2, 0) is 4.79 Å². The van der Waals surface area contributed by atoms with Crippen LogP contribution in [0.5, 0.6) is 5.75 Å². The third-order valence-corrected chi connectivity index (χ3v) is 5.55. The number of amides is 1. The number of nitrogens with zero attached hydrogens (tertiary/aromatic N) is 2. The first-order chi connectivity index (χ1) is 13.5. The van der Waals surface area contributed by atoms with Crippen LogP contribution < -0.4 is 10.2 Å². The van der Waals surface area contributed by atoms with Crippen molar-refractivity contribution < 1.29 is 9.53 Å². The van der Waals surface area contributed by atoms with E-state index in [4.69, 9.17) is 27.9 Å². The summed E-state index contributed by atoms with van der Waals surface area (Å²) in [4.78, 5) is 17.5. The largest absolute Gasteiger partial charge is 0.497 e. The zero-order chi connectivity index (χ0) is 20.1. The highest BCUT2D eigenvalue weighted by atomic mass is 35.5. The van der Waals surface area contributed by atoms with Crippen molar-refractivity contribution in [3.8, 4) is 5.75 Å². The van der Waals surface area contributed by atoms with Crippen molar-refractivity contribution in [3.05, 3.63) is 64.3 Å². The van der Waals surface area contributed by atoms with Gasteiger partial charge in [0.1, 0.15) is 10.9 Å². The molecule has 1 aromatic heterocycles. The first-order valence-corrected chi connectivity index (χ1v) is 9.99. The minimum absolute atomic E-state index is 0.217. The minimum Gasteiger partial charge on any atom is -0.497 e. The number of thioether (sulfide) groups is 1. The second kappa shape index (κ2) is 9.28. The zero-order valence-electron chi connectivity index (χ0n) is 15.1. The Morgan fingerprint density at radius 1 is 1.21 bits per heavy atom. The van der Waals surface area contributed by atoms with Crippen LogP contribution in [0.1, 0.15) is 12.5 Å². The predicted octanol–water partition coefficient (Wildman–Crippen LogP) is 5.18. The number of pyridine rings is 1. The molecule has 0 saturated heterocycles. The Kier molecular flexibility index (Phi) is 6.78. The van der Waals surface area contributed by atoms with Crippen molar-refractivity contribution >= 4 is 58.0 Å². The summed E-state index contributed by atoms with van der Waals surface area (Å²) in [5.41, 5.74) is 3.86. The third-order valence-electron chi connectivity index (χ3n) is 3.88. The number of carbonyl (C=O) groups excluding carboxylic acids is 1. The van der Waals surface area contributed by atoms with Gasteiger partial charge >= 0.3 is 0 Å². The molecule has 0 bridgehead atoms. The number of ether oxygens (including phenoxy) is 1. The maximum atomic E-state index is 12.2. The van der Waals surface area contributed by atoms with Gasteiger partial charge in [-0.2, -0.15) is 5.10 Å². The quantitative estimate of drug-likeness (QED) is 0.251. The van der Waals surface area contributed by atoms with E-state index < -0.39 is 0 Å². The van der Waals surface area contributed by atoms with Gasteiger partial charge in [-0.15, -0.1) is 11.8 Å². The SMILES string of the molecule is COc1ccc2cc(/C=N\NC(=O)[C@H](C)Sc3ccc(Cl)cc3)c(Cl)nc2c1. The van der Waals surface area contributed by atoms with E-state index in [0.29, 0.717) is 21.5 Å². The molecule has 3 aromatic rings. The number of aromatic nitrogens is 1. The standard InChI is InChI=1S/C20H17Cl2N3O2S/c1-12(28-17-7-4-15(21)5-8-17)20(26)25-23-11-14-9-13-3-6-16(27-2)10-18(13)24-19(14)22/h3-12H,1-2H3,(H,25,26)/b23-11-/t12-/m0/s1. The molecule has 0 spiro atoms. The van der Waals surface area contributed by atoms with Gasteiger partial charge in [0.25, 0.3) is 5.91 Å². The van der Waals surface area contributed by atoms with Gasteiger partial charge in [0.15, 0.2) is 0 Å². The molecular formula is C20H17Cl2N3O2S. The fraction of sp³-hybridized carbons (Fsp3) is 0.150. The summed E-state index contributed by atoms with van der Waals surface area (Å²) in [5, 5.41) is 5.53. The maximum Gasteiger partial charge on any atom is 0.253 e. The maximum absolute atomic E-state index is 12.2. The van der Waals surface area contributed by atoms with Crippen molar-refractivity contribution in [2.45, 2.75) is 17.1 Å². The second-order valence-corrected chi connectivity index (χ2v) is 8.08. The lowest BCUT2D eigenvalue weighted by atomic mass is 10.1. The molecule has 1 atom stereocenters.